The monoisotopic (exact) mass is 298 g/mol. The molecule has 1 aliphatic heterocycles. The van der Waals surface area contributed by atoms with E-state index < -0.39 is 0 Å². The SMILES string of the molecule is CCCC(=O)C(N=C1CCC(c2ccccc2)N1C)=C(C)C. The lowest BCUT2D eigenvalue weighted by atomic mass is 10.1. The largest absolute Gasteiger partial charge is 0.356 e. The number of Topliss-reactive ketones (excluding diaryl/α,β-unsaturated/α-hetero) is 1. The molecule has 1 aromatic rings. The van der Waals surface area contributed by atoms with Gasteiger partial charge in [0.1, 0.15) is 11.5 Å². The Morgan fingerprint density at radius 1 is 1.27 bits per heavy atom. The second-order valence-corrected chi connectivity index (χ2v) is 6.13. The highest BCUT2D eigenvalue weighted by Gasteiger charge is 2.28. The van der Waals surface area contributed by atoms with E-state index in [2.05, 4.69) is 36.2 Å². The number of hydrogen-bond donors (Lipinski definition) is 0. The molecule has 0 aliphatic carbocycles. The molecule has 3 heteroatoms. The van der Waals surface area contributed by atoms with Gasteiger partial charge in [-0.2, -0.15) is 0 Å². The van der Waals surface area contributed by atoms with E-state index in [9.17, 15) is 4.79 Å². The Hall–Kier alpha value is -1.90. The Labute approximate surface area is 133 Å². The fourth-order valence-corrected chi connectivity index (χ4v) is 2.94. The number of carbonyl (C=O) groups is 1. The summed E-state index contributed by atoms with van der Waals surface area (Å²) in [4.78, 5) is 19.2. The van der Waals surface area contributed by atoms with Gasteiger partial charge in [-0.15, -0.1) is 0 Å². The molecule has 2 rings (SSSR count). The zero-order valence-corrected chi connectivity index (χ0v) is 14.1. The molecule has 1 aliphatic rings. The predicted octanol–water partition coefficient (Wildman–Crippen LogP) is 4.51. The summed E-state index contributed by atoms with van der Waals surface area (Å²) < 4.78 is 0. The molecule has 1 unspecified atom stereocenters. The summed E-state index contributed by atoms with van der Waals surface area (Å²) in [6.45, 7) is 5.97. The van der Waals surface area contributed by atoms with Crippen molar-refractivity contribution in [2.75, 3.05) is 7.05 Å². The number of rotatable bonds is 5. The van der Waals surface area contributed by atoms with Crippen LogP contribution in [0, 0.1) is 0 Å². The smallest absolute Gasteiger partial charge is 0.181 e. The molecular weight excluding hydrogens is 272 g/mol. The van der Waals surface area contributed by atoms with Crippen molar-refractivity contribution in [2.24, 2.45) is 4.99 Å². The van der Waals surface area contributed by atoms with Crippen molar-refractivity contribution in [2.45, 2.75) is 52.5 Å². The number of allylic oxidation sites excluding steroid dienone is 2. The molecule has 1 atom stereocenters. The molecule has 0 amide bonds. The third-order valence-corrected chi connectivity index (χ3v) is 4.16. The van der Waals surface area contributed by atoms with Gasteiger partial charge in [0.15, 0.2) is 5.78 Å². The molecule has 1 fully saturated rings. The van der Waals surface area contributed by atoms with Crippen LogP contribution in [0.2, 0.25) is 0 Å². The summed E-state index contributed by atoms with van der Waals surface area (Å²) in [7, 11) is 2.08. The van der Waals surface area contributed by atoms with E-state index >= 15 is 0 Å². The highest BCUT2D eigenvalue weighted by atomic mass is 16.1. The van der Waals surface area contributed by atoms with Gasteiger partial charge in [0.05, 0.1) is 6.04 Å². The van der Waals surface area contributed by atoms with Crippen molar-refractivity contribution in [1.82, 2.24) is 4.90 Å². The number of ketones is 1. The normalized spacial score (nSPS) is 19.5. The second kappa shape index (κ2) is 7.39. The zero-order valence-electron chi connectivity index (χ0n) is 14.1. The van der Waals surface area contributed by atoms with E-state index in [0.29, 0.717) is 18.2 Å². The lowest BCUT2D eigenvalue weighted by Gasteiger charge is -2.22. The molecule has 1 heterocycles. The number of hydrogen-bond acceptors (Lipinski definition) is 2. The Balaban J connectivity index is 2.23. The molecule has 0 bridgehead atoms. The summed E-state index contributed by atoms with van der Waals surface area (Å²) in [6.07, 6.45) is 3.41. The van der Waals surface area contributed by atoms with Gasteiger partial charge in [-0.1, -0.05) is 37.3 Å². The molecule has 0 spiro atoms. The number of carbonyl (C=O) groups excluding carboxylic acids is 1. The van der Waals surface area contributed by atoms with E-state index in [0.717, 1.165) is 30.7 Å². The second-order valence-electron chi connectivity index (χ2n) is 6.13. The van der Waals surface area contributed by atoms with Gasteiger partial charge in [-0.3, -0.25) is 4.79 Å². The molecule has 0 radical (unpaired) electrons. The molecule has 22 heavy (non-hydrogen) atoms. The van der Waals surface area contributed by atoms with Crippen molar-refractivity contribution >= 4 is 11.6 Å². The van der Waals surface area contributed by atoms with Crippen LogP contribution in [-0.2, 0) is 4.79 Å². The third kappa shape index (κ3) is 3.65. The van der Waals surface area contributed by atoms with E-state index in [1.807, 2.05) is 26.8 Å². The van der Waals surface area contributed by atoms with Crippen LogP contribution in [0.5, 0.6) is 0 Å². The lowest BCUT2D eigenvalue weighted by Crippen LogP contribution is -2.23. The van der Waals surface area contributed by atoms with Crippen molar-refractivity contribution in [3.05, 3.63) is 47.2 Å². The molecule has 3 nitrogen and oxygen atoms in total. The van der Waals surface area contributed by atoms with Gasteiger partial charge in [0, 0.05) is 19.9 Å². The van der Waals surface area contributed by atoms with Gasteiger partial charge in [0.25, 0.3) is 0 Å². The highest BCUT2D eigenvalue weighted by Crippen LogP contribution is 2.32. The Morgan fingerprint density at radius 3 is 2.55 bits per heavy atom. The van der Waals surface area contributed by atoms with Gasteiger partial charge in [-0.05, 0) is 37.8 Å². The molecule has 1 saturated heterocycles. The molecule has 0 aromatic heterocycles. The van der Waals surface area contributed by atoms with Crippen LogP contribution in [0.25, 0.3) is 0 Å². The Kier molecular flexibility index (Phi) is 5.53. The van der Waals surface area contributed by atoms with Crippen LogP contribution in [0.3, 0.4) is 0 Å². The van der Waals surface area contributed by atoms with Gasteiger partial charge in [0.2, 0.25) is 0 Å². The van der Waals surface area contributed by atoms with E-state index in [4.69, 9.17) is 4.99 Å². The number of likely N-dealkylation sites (tertiary alicyclic amines) is 1. The average Bonchev–Trinajstić information content (AvgIpc) is 2.86. The van der Waals surface area contributed by atoms with Crippen LogP contribution >= 0.6 is 0 Å². The van der Waals surface area contributed by atoms with Crippen LogP contribution in [0.15, 0.2) is 46.6 Å². The van der Waals surface area contributed by atoms with Crippen LogP contribution < -0.4 is 0 Å². The van der Waals surface area contributed by atoms with Crippen molar-refractivity contribution in [3.8, 4) is 0 Å². The maximum absolute atomic E-state index is 12.2. The maximum Gasteiger partial charge on any atom is 0.181 e. The average molecular weight is 298 g/mol. The molecule has 0 N–H and O–H groups in total. The minimum atomic E-state index is 0.159. The number of aliphatic imine (C=N–C) groups is 1. The summed E-state index contributed by atoms with van der Waals surface area (Å²) in [5, 5.41) is 0. The molecular formula is C19H26N2O. The van der Waals surface area contributed by atoms with Gasteiger partial charge >= 0.3 is 0 Å². The zero-order chi connectivity index (χ0) is 16.1. The van der Waals surface area contributed by atoms with Crippen LogP contribution in [0.1, 0.15) is 58.1 Å². The van der Waals surface area contributed by atoms with Crippen molar-refractivity contribution < 1.29 is 4.79 Å². The summed E-state index contributed by atoms with van der Waals surface area (Å²) in [5.41, 5.74) is 2.97. The molecule has 1 aromatic carbocycles. The van der Waals surface area contributed by atoms with Crippen molar-refractivity contribution in [3.63, 3.8) is 0 Å². The Morgan fingerprint density at radius 2 is 1.95 bits per heavy atom. The Bertz CT molecular complexity index is 583. The van der Waals surface area contributed by atoms with Crippen molar-refractivity contribution in [1.29, 1.82) is 0 Å². The highest BCUT2D eigenvalue weighted by molar-refractivity contribution is 5.99. The molecule has 118 valence electrons. The summed E-state index contributed by atoms with van der Waals surface area (Å²) >= 11 is 0. The summed E-state index contributed by atoms with van der Waals surface area (Å²) in [5.74, 6) is 1.18. The fraction of sp³-hybridized carbons (Fsp3) is 0.474. The molecule has 0 saturated carbocycles. The van der Waals surface area contributed by atoms with Crippen LogP contribution in [-0.4, -0.2) is 23.6 Å². The number of nitrogens with zero attached hydrogens (tertiary/aromatic N) is 2. The summed E-state index contributed by atoms with van der Waals surface area (Å²) in [6, 6.07) is 10.9. The third-order valence-electron chi connectivity index (χ3n) is 4.16. The van der Waals surface area contributed by atoms with E-state index in [1.54, 1.807) is 0 Å². The van der Waals surface area contributed by atoms with Crippen LogP contribution in [0.4, 0.5) is 0 Å². The first-order valence-electron chi connectivity index (χ1n) is 8.10. The first-order chi connectivity index (χ1) is 10.5. The minimum absolute atomic E-state index is 0.159. The first kappa shape index (κ1) is 16.5. The van der Waals surface area contributed by atoms with E-state index in [-0.39, 0.29) is 5.78 Å². The number of benzene rings is 1. The topological polar surface area (TPSA) is 32.7 Å². The predicted molar refractivity (Wildman–Crippen MR) is 91.9 cm³/mol. The van der Waals surface area contributed by atoms with Gasteiger partial charge < -0.3 is 4.90 Å². The quantitative estimate of drug-likeness (QED) is 0.749. The maximum atomic E-state index is 12.2. The minimum Gasteiger partial charge on any atom is -0.356 e. The first-order valence-corrected chi connectivity index (χ1v) is 8.10. The fourth-order valence-electron chi connectivity index (χ4n) is 2.94. The number of amidine groups is 1. The standard InChI is InChI=1S/C19H26N2O/c1-5-9-17(22)19(14(2)3)20-18-13-12-16(21(18)4)15-10-7-6-8-11-15/h6-8,10-11,16H,5,9,12-13H2,1-4H3. The van der Waals surface area contributed by atoms with Gasteiger partial charge in [-0.25, -0.2) is 4.99 Å². The lowest BCUT2D eigenvalue weighted by molar-refractivity contribution is -0.115. The van der Waals surface area contributed by atoms with E-state index in [1.165, 1.54) is 5.56 Å².